The van der Waals surface area contributed by atoms with E-state index >= 15 is 0 Å². The molecule has 0 radical (unpaired) electrons. The summed E-state index contributed by atoms with van der Waals surface area (Å²) in [5.41, 5.74) is 3.04. The number of nitrogens with zero attached hydrogens (tertiary/aromatic N) is 2. The Kier molecular flexibility index (Phi) is 4.29. The minimum absolute atomic E-state index is 0.110. The van der Waals surface area contributed by atoms with Crippen molar-refractivity contribution in [3.8, 4) is 0 Å². The van der Waals surface area contributed by atoms with Gasteiger partial charge in [-0.25, -0.2) is 0 Å². The summed E-state index contributed by atoms with van der Waals surface area (Å²) >= 11 is 0. The van der Waals surface area contributed by atoms with Gasteiger partial charge in [-0.2, -0.15) is 13.1 Å². The lowest BCUT2D eigenvalue weighted by Gasteiger charge is -2.29. The maximum Gasteiger partial charge on any atom is 0.301 e. The average Bonchev–Trinajstić information content (AvgIpc) is 2.90. The van der Waals surface area contributed by atoms with Crippen molar-refractivity contribution in [2.45, 2.75) is 26.3 Å². The average molecular weight is 325 g/mol. The molecular weight excluding hydrogens is 302 g/mol. The number of ether oxygens (including phenoxy) is 1. The molecule has 7 heteroatoms. The van der Waals surface area contributed by atoms with E-state index in [0.717, 1.165) is 49.7 Å². The van der Waals surface area contributed by atoms with Crippen LogP contribution in [0.1, 0.15) is 19.4 Å². The van der Waals surface area contributed by atoms with E-state index in [4.69, 9.17) is 4.74 Å². The molecule has 1 N–H and O–H groups in total. The molecule has 0 spiro atoms. The van der Waals surface area contributed by atoms with Crippen molar-refractivity contribution in [2.24, 2.45) is 0 Å². The van der Waals surface area contributed by atoms with Crippen LogP contribution in [0.15, 0.2) is 18.2 Å². The van der Waals surface area contributed by atoms with Crippen molar-refractivity contribution < 1.29 is 13.2 Å². The first-order valence-corrected chi connectivity index (χ1v) is 9.17. The Labute approximate surface area is 132 Å². The molecule has 0 saturated carbocycles. The molecule has 22 heavy (non-hydrogen) atoms. The molecular formula is C15H23N3O3S. The highest BCUT2D eigenvalue weighted by Gasteiger charge is 2.30. The fourth-order valence-corrected chi connectivity index (χ4v) is 4.48. The minimum Gasteiger partial charge on any atom is -0.378 e. The highest BCUT2D eigenvalue weighted by atomic mass is 32.2. The van der Waals surface area contributed by atoms with Crippen LogP contribution in [-0.4, -0.2) is 47.3 Å². The fourth-order valence-electron chi connectivity index (χ4n) is 2.99. The standard InChI is InChI=1S/C15H23N3O3S/c1-12(2)16-22(19,20)18-6-5-13-11-14(3-4-15(13)18)17-7-9-21-10-8-17/h3-4,11-12,16H,5-10H2,1-2H3. The van der Waals surface area contributed by atoms with E-state index in [-0.39, 0.29) is 6.04 Å². The van der Waals surface area contributed by atoms with Crippen molar-refractivity contribution in [1.29, 1.82) is 0 Å². The monoisotopic (exact) mass is 325 g/mol. The second kappa shape index (κ2) is 6.06. The van der Waals surface area contributed by atoms with Crippen LogP contribution in [0.25, 0.3) is 0 Å². The molecule has 0 bridgehead atoms. The molecule has 0 unspecified atom stereocenters. The Morgan fingerprint density at radius 2 is 1.91 bits per heavy atom. The quantitative estimate of drug-likeness (QED) is 0.901. The van der Waals surface area contributed by atoms with Crippen LogP contribution in [0, 0.1) is 0 Å². The number of anilines is 2. The van der Waals surface area contributed by atoms with Gasteiger partial charge < -0.3 is 9.64 Å². The fraction of sp³-hybridized carbons (Fsp3) is 0.600. The number of hydrogen-bond donors (Lipinski definition) is 1. The maximum atomic E-state index is 12.4. The molecule has 2 heterocycles. The third-order valence-corrected chi connectivity index (χ3v) is 5.70. The van der Waals surface area contributed by atoms with Crippen molar-refractivity contribution >= 4 is 21.6 Å². The lowest BCUT2D eigenvalue weighted by atomic mass is 10.1. The normalized spacial score (nSPS) is 18.9. The van der Waals surface area contributed by atoms with Crippen LogP contribution in [0.2, 0.25) is 0 Å². The Morgan fingerprint density at radius 3 is 2.59 bits per heavy atom. The molecule has 1 fully saturated rings. The molecule has 1 aromatic carbocycles. The van der Waals surface area contributed by atoms with Gasteiger partial charge in [0.15, 0.2) is 0 Å². The summed E-state index contributed by atoms with van der Waals surface area (Å²) in [5.74, 6) is 0. The molecule has 0 aromatic heterocycles. The van der Waals surface area contributed by atoms with Crippen molar-refractivity contribution in [3.05, 3.63) is 23.8 Å². The van der Waals surface area contributed by atoms with Crippen LogP contribution in [0.4, 0.5) is 11.4 Å². The number of morpholine rings is 1. The number of nitrogens with one attached hydrogen (secondary N) is 1. The summed E-state index contributed by atoms with van der Waals surface area (Å²) in [6, 6.07) is 5.94. The highest BCUT2D eigenvalue weighted by molar-refractivity contribution is 7.90. The van der Waals surface area contributed by atoms with Crippen molar-refractivity contribution in [2.75, 3.05) is 42.1 Å². The van der Waals surface area contributed by atoms with Crippen LogP contribution in [0.3, 0.4) is 0 Å². The van der Waals surface area contributed by atoms with E-state index in [9.17, 15) is 8.42 Å². The topological polar surface area (TPSA) is 61.9 Å². The van der Waals surface area contributed by atoms with E-state index in [0.29, 0.717) is 6.54 Å². The zero-order valence-electron chi connectivity index (χ0n) is 13.1. The molecule has 0 aliphatic carbocycles. The van der Waals surface area contributed by atoms with Gasteiger partial charge in [0.1, 0.15) is 0 Å². The van der Waals surface area contributed by atoms with Gasteiger partial charge >= 0.3 is 10.2 Å². The van der Waals surface area contributed by atoms with E-state index in [2.05, 4.69) is 15.7 Å². The van der Waals surface area contributed by atoms with Gasteiger partial charge in [0.05, 0.1) is 18.9 Å². The summed E-state index contributed by atoms with van der Waals surface area (Å²) in [5, 5.41) is 0. The Bertz CT molecular complexity index is 639. The number of rotatable bonds is 4. The van der Waals surface area contributed by atoms with Crippen molar-refractivity contribution in [3.63, 3.8) is 0 Å². The molecule has 2 aliphatic rings. The zero-order chi connectivity index (χ0) is 15.7. The van der Waals surface area contributed by atoms with Gasteiger partial charge in [0, 0.05) is 31.4 Å². The lowest BCUT2D eigenvalue weighted by molar-refractivity contribution is 0.122. The Hall–Kier alpha value is -1.31. The summed E-state index contributed by atoms with van der Waals surface area (Å²) in [6.45, 7) is 7.42. The number of fused-ring (bicyclic) bond motifs is 1. The molecule has 6 nitrogen and oxygen atoms in total. The first-order valence-electron chi connectivity index (χ1n) is 7.73. The van der Waals surface area contributed by atoms with Crippen LogP contribution in [0.5, 0.6) is 0 Å². The molecule has 2 aliphatic heterocycles. The highest BCUT2D eigenvalue weighted by Crippen LogP contribution is 2.33. The van der Waals surface area contributed by atoms with E-state index in [1.54, 1.807) is 0 Å². The number of benzene rings is 1. The lowest BCUT2D eigenvalue weighted by Crippen LogP contribution is -2.42. The summed E-state index contributed by atoms with van der Waals surface area (Å²) in [6.07, 6.45) is 0.756. The van der Waals surface area contributed by atoms with Crippen LogP contribution >= 0.6 is 0 Å². The maximum absolute atomic E-state index is 12.4. The smallest absolute Gasteiger partial charge is 0.301 e. The van der Waals surface area contributed by atoms with E-state index < -0.39 is 10.2 Å². The molecule has 0 amide bonds. The summed E-state index contributed by atoms with van der Waals surface area (Å²) < 4.78 is 34.3. The summed E-state index contributed by atoms with van der Waals surface area (Å²) in [7, 11) is -3.46. The van der Waals surface area contributed by atoms with E-state index in [1.165, 1.54) is 4.31 Å². The molecule has 1 aromatic rings. The minimum atomic E-state index is -3.46. The van der Waals surface area contributed by atoms with Gasteiger partial charge in [-0.3, -0.25) is 4.31 Å². The first-order chi connectivity index (χ1) is 10.5. The predicted molar refractivity (Wildman–Crippen MR) is 87.7 cm³/mol. The summed E-state index contributed by atoms with van der Waals surface area (Å²) in [4.78, 5) is 2.29. The van der Waals surface area contributed by atoms with Gasteiger partial charge in [-0.05, 0) is 44.0 Å². The predicted octanol–water partition coefficient (Wildman–Crippen LogP) is 1.13. The largest absolute Gasteiger partial charge is 0.378 e. The SMILES string of the molecule is CC(C)NS(=O)(=O)N1CCc2cc(N3CCOCC3)ccc21. The van der Waals surface area contributed by atoms with Gasteiger partial charge in [0.25, 0.3) is 0 Å². The van der Waals surface area contributed by atoms with Gasteiger partial charge in [0.2, 0.25) is 0 Å². The van der Waals surface area contributed by atoms with E-state index in [1.807, 2.05) is 26.0 Å². The van der Waals surface area contributed by atoms with Gasteiger partial charge in [-0.1, -0.05) is 0 Å². The Morgan fingerprint density at radius 1 is 1.18 bits per heavy atom. The van der Waals surface area contributed by atoms with Crippen LogP contribution < -0.4 is 13.9 Å². The Balaban J connectivity index is 1.83. The first kappa shape index (κ1) is 15.6. The molecule has 0 atom stereocenters. The number of hydrogen-bond acceptors (Lipinski definition) is 4. The third-order valence-electron chi connectivity index (χ3n) is 3.97. The molecule has 1 saturated heterocycles. The molecule has 3 rings (SSSR count). The second-order valence-corrected chi connectivity index (χ2v) is 7.64. The van der Waals surface area contributed by atoms with Crippen molar-refractivity contribution in [1.82, 2.24) is 4.72 Å². The second-order valence-electron chi connectivity index (χ2n) is 6.01. The zero-order valence-corrected chi connectivity index (χ0v) is 13.9. The van der Waals surface area contributed by atoms with Crippen LogP contribution in [-0.2, 0) is 21.4 Å². The molecule has 122 valence electrons. The van der Waals surface area contributed by atoms with Gasteiger partial charge in [-0.15, -0.1) is 0 Å². The third kappa shape index (κ3) is 3.06.